The van der Waals surface area contributed by atoms with Crippen LogP contribution in [0.5, 0.6) is 0 Å². The summed E-state index contributed by atoms with van der Waals surface area (Å²) in [7, 11) is 0. The van der Waals surface area contributed by atoms with Crippen LogP contribution >= 0.6 is 11.6 Å². The lowest BCUT2D eigenvalue weighted by molar-refractivity contribution is -0.0962. The first-order chi connectivity index (χ1) is 5.03. The molecule has 11 heavy (non-hydrogen) atoms. The molecule has 3 saturated carbocycles. The van der Waals surface area contributed by atoms with E-state index in [-0.39, 0.29) is 0 Å². The summed E-state index contributed by atoms with van der Waals surface area (Å²) in [6.07, 6.45) is 2.70. The van der Waals surface area contributed by atoms with Crippen molar-refractivity contribution >= 4 is 11.6 Å². The fourth-order valence-electron chi connectivity index (χ4n) is 3.09. The van der Waals surface area contributed by atoms with E-state index in [4.69, 9.17) is 11.6 Å². The molecular weight excluding hydrogens is 156 g/mol. The lowest BCUT2D eigenvalue weighted by Crippen LogP contribution is -2.55. The molecule has 1 heteroatoms. The Hall–Kier alpha value is 0.290. The Morgan fingerprint density at radius 3 is 2.27 bits per heavy atom. The molecule has 0 aromatic rings. The van der Waals surface area contributed by atoms with Gasteiger partial charge >= 0.3 is 0 Å². The lowest BCUT2D eigenvalue weighted by atomic mass is 9.46. The summed E-state index contributed by atoms with van der Waals surface area (Å²) in [4.78, 5) is 0. The van der Waals surface area contributed by atoms with Crippen molar-refractivity contribution in [3.05, 3.63) is 0 Å². The molecule has 3 fully saturated rings. The van der Waals surface area contributed by atoms with Gasteiger partial charge in [0.15, 0.2) is 0 Å². The van der Waals surface area contributed by atoms with E-state index in [1.807, 2.05) is 0 Å². The molecule has 0 saturated heterocycles. The second-order valence-electron chi connectivity index (χ2n) is 4.97. The van der Waals surface area contributed by atoms with E-state index in [2.05, 4.69) is 20.8 Å². The monoisotopic (exact) mass is 172 g/mol. The van der Waals surface area contributed by atoms with E-state index in [0.717, 1.165) is 17.8 Å². The molecule has 0 radical (unpaired) electrons. The zero-order chi connectivity index (χ0) is 8.22. The van der Waals surface area contributed by atoms with Crippen LogP contribution in [0, 0.1) is 23.2 Å². The molecule has 0 aromatic heterocycles. The van der Waals surface area contributed by atoms with Crippen molar-refractivity contribution in [3.8, 4) is 0 Å². The number of alkyl halides is 1. The summed E-state index contributed by atoms with van der Waals surface area (Å²) >= 11 is 6.22. The summed E-state index contributed by atoms with van der Waals surface area (Å²) in [6, 6.07) is 0. The normalized spacial score (nSPS) is 53.5. The molecule has 2 bridgehead atoms. The average Bonchev–Trinajstić information content (AvgIpc) is 1.93. The third-order valence-corrected chi connectivity index (χ3v) is 4.84. The van der Waals surface area contributed by atoms with Crippen LogP contribution in [-0.4, -0.2) is 5.38 Å². The van der Waals surface area contributed by atoms with Crippen molar-refractivity contribution in [2.45, 2.75) is 39.0 Å². The molecule has 0 aliphatic heterocycles. The largest absolute Gasteiger partial charge is 0.123 e. The average molecular weight is 173 g/mol. The van der Waals surface area contributed by atoms with Gasteiger partial charge in [-0.3, -0.25) is 0 Å². The number of hydrogen-bond donors (Lipinski definition) is 0. The van der Waals surface area contributed by atoms with Crippen molar-refractivity contribution in [2.24, 2.45) is 23.2 Å². The van der Waals surface area contributed by atoms with Gasteiger partial charge in [-0.2, -0.15) is 0 Å². The second-order valence-corrected chi connectivity index (χ2v) is 5.53. The van der Waals surface area contributed by atoms with Gasteiger partial charge in [-0.1, -0.05) is 20.8 Å². The Morgan fingerprint density at radius 2 is 1.91 bits per heavy atom. The summed E-state index contributed by atoms with van der Waals surface area (Å²) in [5, 5.41) is 0.465. The first kappa shape index (κ1) is 7.91. The van der Waals surface area contributed by atoms with E-state index in [9.17, 15) is 0 Å². The van der Waals surface area contributed by atoms with Crippen molar-refractivity contribution in [1.82, 2.24) is 0 Å². The SMILES string of the molecule is CC1C2CC(C[C@H]1Cl)C2(C)C. The van der Waals surface area contributed by atoms with Crippen LogP contribution < -0.4 is 0 Å². The van der Waals surface area contributed by atoms with Crippen LogP contribution in [0.15, 0.2) is 0 Å². The topological polar surface area (TPSA) is 0 Å². The van der Waals surface area contributed by atoms with Gasteiger partial charge in [0.1, 0.15) is 0 Å². The Morgan fingerprint density at radius 1 is 1.27 bits per heavy atom. The second kappa shape index (κ2) is 2.16. The van der Waals surface area contributed by atoms with E-state index in [1.54, 1.807) is 0 Å². The standard InChI is InChI=1S/C10H17Cl/c1-6-8-4-7(5-9(6)11)10(8,2)3/h6-9H,4-5H2,1-3H3/t6?,7?,8?,9-/m1/s1. The van der Waals surface area contributed by atoms with Crippen LogP contribution in [0.1, 0.15) is 33.6 Å². The zero-order valence-electron chi connectivity index (χ0n) is 7.60. The molecule has 3 unspecified atom stereocenters. The Labute approximate surface area is 74.3 Å². The third-order valence-electron chi connectivity index (χ3n) is 4.26. The van der Waals surface area contributed by atoms with Crippen LogP contribution in [-0.2, 0) is 0 Å². The fraction of sp³-hybridized carbons (Fsp3) is 1.00. The van der Waals surface area contributed by atoms with Crippen LogP contribution in [0.4, 0.5) is 0 Å². The highest BCUT2D eigenvalue weighted by Gasteiger charge is 2.55. The smallest absolute Gasteiger partial charge is 0.0367 e. The van der Waals surface area contributed by atoms with Gasteiger partial charge in [-0.25, -0.2) is 0 Å². The summed E-state index contributed by atoms with van der Waals surface area (Å²) < 4.78 is 0. The van der Waals surface area contributed by atoms with Gasteiger partial charge in [0.2, 0.25) is 0 Å². The Bertz CT molecular complexity index is 174. The number of fused-ring (bicyclic) bond motifs is 2. The molecule has 3 aliphatic rings. The number of halogens is 1. The Balaban J connectivity index is 2.17. The van der Waals surface area contributed by atoms with Crippen LogP contribution in [0.2, 0.25) is 0 Å². The van der Waals surface area contributed by atoms with E-state index in [0.29, 0.717) is 10.8 Å². The minimum absolute atomic E-state index is 0.465. The fourth-order valence-corrected chi connectivity index (χ4v) is 3.48. The summed E-state index contributed by atoms with van der Waals surface area (Å²) in [6.45, 7) is 7.13. The molecule has 0 aromatic carbocycles. The van der Waals surface area contributed by atoms with E-state index in [1.165, 1.54) is 12.8 Å². The number of hydrogen-bond acceptors (Lipinski definition) is 0. The van der Waals surface area contributed by atoms with Gasteiger partial charge in [-0.15, -0.1) is 11.6 Å². The van der Waals surface area contributed by atoms with Gasteiger partial charge in [-0.05, 0) is 36.0 Å². The molecule has 3 rings (SSSR count). The van der Waals surface area contributed by atoms with Crippen molar-refractivity contribution in [2.75, 3.05) is 0 Å². The van der Waals surface area contributed by atoms with Crippen LogP contribution in [0.3, 0.4) is 0 Å². The molecular formula is C10H17Cl. The van der Waals surface area contributed by atoms with Crippen molar-refractivity contribution in [1.29, 1.82) is 0 Å². The summed E-state index contributed by atoms with van der Waals surface area (Å²) in [5.41, 5.74) is 0.602. The van der Waals surface area contributed by atoms with Crippen molar-refractivity contribution in [3.63, 3.8) is 0 Å². The molecule has 64 valence electrons. The number of rotatable bonds is 0. The highest BCUT2D eigenvalue weighted by molar-refractivity contribution is 6.20. The molecule has 0 N–H and O–H groups in total. The molecule has 3 aliphatic carbocycles. The molecule has 0 nitrogen and oxygen atoms in total. The highest BCUT2D eigenvalue weighted by Crippen LogP contribution is 2.62. The molecule has 4 atom stereocenters. The molecule has 0 spiro atoms. The van der Waals surface area contributed by atoms with E-state index < -0.39 is 0 Å². The van der Waals surface area contributed by atoms with Gasteiger partial charge < -0.3 is 0 Å². The minimum atomic E-state index is 0.465. The molecule has 0 amide bonds. The maximum Gasteiger partial charge on any atom is 0.0367 e. The summed E-state index contributed by atoms with van der Waals surface area (Å²) in [5.74, 6) is 2.58. The maximum atomic E-state index is 6.22. The van der Waals surface area contributed by atoms with Crippen LogP contribution in [0.25, 0.3) is 0 Å². The Kier molecular flexibility index (Phi) is 1.55. The van der Waals surface area contributed by atoms with Gasteiger partial charge in [0.05, 0.1) is 0 Å². The molecule has 0 heterocycles. The minimum Gasteiger partial charge on any atom is -0.123 e. The highest BCUT2D eigenvalue weighted by atomic mass is 35.5. The van der Waals surface area contributed by atoms with Gasteiger partial charge in [0.25, 0.3) is 0 Å². The quantitative estimate of drug-likeness (QED) is 0.492. The third kappa shape index (κ3) is 0.884. The predicted molar refractivity (Wildman–Crippen MR) is 48.8 cm³/mol. The first-order valence-electron chi connectivity index (χ1n) is 4.67. The van der Waals surface area contributed by atoms with Crippen molar-refractivity contribution < 1.29 is 0 Å². The van der Waals surface area contributed by atoms with E-state index >= 15 is 0 Å². The maximum absolute atomic E-state index is 6.22. The first-order valence-corrected chi connectivity index (χ1v) is 5.11. The lowest BCUT2D eigenvalue weighted by Gasteiger charge is -2.61. The zero-order valence-corrected chi connectivity index (χ0v) is 8.36. The predicted octanol–water partition coefficient (Wildman–Crippen LogP) is 3.30. The van der Waals surface area contributed by atoms with Gasteiger partial charge in [0, 0.05) is 5.38 Å².